The van der Waals surface area contributed by atoms with Gasteiger partial charge in [-0.2, -0.15) is 5.10 Å². The van der Waals surface area contributed by atoms with Crippen molar-refractivity contribution in [1.29, 1.82) is 0 Å². The van der Waals surface area contributed by atoms with E-state index in [1.165, 1.54) is 11.8 Å². The third-order valence-electron chi connectivity index (χ3n) is 3.38. The Bertz CT molecular complexity index is 659. The average molecular weight is 293 g/mol. The van der Waals surface area contributed by atoms with Gasteiger partial charge in [0.25, 0.3) is 0 Å². The van der Waals surface area contributed by atoms with Crippen molar-refractivity contribution in [3.8, 4) is 11.4 Å². The zero-order chi connectivity index (χ0) is 14.3. The Hall–Kier alpha value is -1.83. The van der Waals surface area contributed by atoms with E-state index in [-0.39, 0.29) is 5.75 Å². The molecule has 1 aliphatic carbocycles. The van der Waals surface area contributed by atoms with E-state index in [1.54, 1.807) is 10.9 Å². The van der Waals surface area contributed by atoms with Crippen molar-refractivity contribution in [1.82, 2.24) is 24.5 Å². The molecular formula is C12H15N5O2S. The van der Waals surface area contributed by atoms with Crippen molar-refractivity contribution in [3.05, 3.63) is 11.9 Å². The average Bonchev–Trinajstić information content (AvgIpc) is 3.08. The van der Waals surface area contributed by atoms with Gasteiger partial charge in [0, 0.05) is 18.8 Å². The summed E-state index contributed by atoms with van der Waals surface area (Å²) in [4.78, 5) is 10.7. The van der Waals surface area contributed by atoms with E-state index in [2.05, 4.69) is 19.9 Å². The Labute approximate surface area is 120 Å². The Morgan fingerprint density at radius 2 is 2.25 bits per heavy atom. The molecule has 1 aliphatic rings. The van der Waals surface area contributed by atoms with Gasteiger partial charge in [-0.15, -0.1) is 10.2 Å². The van der Waals surface area contributed by atoms with Crippen LogP contribution < -0.4 is 0 Å². The van der Waals surface area contributed by atoms with E-state index >= 15 is 0 Å². The van der Waals surface area contributed by atoms with Gasteiger partial charge in [-0.1, -0.05) is 11.8 Å². The Kier molecular flexibility index (Phi) is 3.25. The number of rotatable bonds is 5. The lowest BCUT2D eigenvalue weighted by Crippen LogP contribution is -2.03. The summed E-state index contributed by atoms with van der Waals surface area (Å²) in [5.41, 5.74) is 1.98. The van der Waals surface area contributed by atoms with Crippen molar-refractivity contribution in [2.75, 3.05) is 5.75 Å². The standard InChI is InChI=1S/C12H15N5O2S/c1-7-9(5-13-16(7)2)11-14-15-12(20-6-10(18)19)17(11)8-3-4-8/h5,8H,3-4,6H2,1-2H3,(H,18,19). The molecular weight excluding hydrogens is 278 g/mol. The number of carboxylic acids is 1. The van der Waals surface area contributed by atoms with Crippen LogP contribution in [0.25, 0.3) is 11.4 Å². The third-order valence-corrected chi connectivity index (χ3v) is 4.31. The molecule has 0 aromatic carbocycles. The van der Waals surface area contributed by atoms with Gasteiger partial charge in [0.15, 0.2) is 11.0 Å². The molecule has 0 bridgehead atoms. The predicted octanol–water partition coefficient (Wildman–Crippen LogP) is 1.50. The highest BCUT2D eigenvalue weighted by atomic mass is 32.2. The van der Waals surface area contributed by atoms with Gasteiger partial charge in [0.2, 0.25) is 0 Å². The molecule has 8 heteroatoms. The van der Waals surface area contributed by atoms with E-state index in [0.717, 1.165) is 29.9 Å². The van der Waals surface area contributed by atoms with Gasteiger partial charge in [0.1, 0.15) is 0 Å². The fraction of sp³-hybridized carbons (Fsp3) is 0.500. The Morgan fingerprint density at radius 3 is 2.80 bits per heavy atom. The molecule has 0 aliphatic heterocycles. The maximum atomic E-state index is 10.7. The van der Waals surface area contributed by atoms with Crippen LogP contribution in [0.1, 0.15) is 24.6 Å². The second-order valence-electron chi connectivity index (χ2n) is 4.86. The first-order chi connectivity index (χ1) is 9.58. The van der Waals surface area contributed by atoms with Crippen molar-refractivity contribution >= 4 is 17.7 Å². The molecule has 0 saturated heterocycles. The molecule has 0 unspecified atom stereocenters. The molecule has 1 N–H and O–H groups in total. The molecule has 0 atom stereocenters. The predicted molar refractivity (Wildman–Crippen MR) is 73.6 cm³/mol. The molecule has 2 aromatic heterocycles. The van der Waals surface area contributed by atoms with Crippen LogP contribution in [0.3, 0.4) is 0 Å². The normalized spacial score (nSPS) is 14.7. The number of aromatic nitrogens is 5. The van der Waals surface area contributed by atoms with Crippen molar-refractivity contribution < 1.29 is 9.90 Å². The summed E-state index contributed by atoms with van der Waals surface area (Å²) < 4.78 is 3.85. The van der Waals surface area contributed by atoms with Gasteiger partial charge in [-0.25, -0.2) is 0 Å². The van der Waals surface area contributed by atoms with Crippen LogP contribution in [-0.2, 0) is 11.8 Å². The van der Waals surface area contributed by atoms with Crippen molar-refractivity contribution in [2.45, 2.75) is 31.0 Å². The van der Waals surface area contributed by atoms with E-state index in [1.807, 2.05) is 14.0 Å². The Morgan fingerprint density at radius 1 is 1.50 bits per heavy atom. The summed E-state index contributed by atoms with van der Waals surface area (Å²) in [6.07, 6.45) is 3.96. The summed E-state index contributed by atoms with van der Waals surface area (Å²) in [7, 11) is 1.89. The number of aryl methyl sites for hydroxylation is 1. The van der Waals surface area contributed by atoms with Gasteiger partial charge in [0.05, 0.1) is 17.5 Å². The van der Waals surface area contributed by atoms with Gasteiger partial charge < -0.3 is 5.11 Å². The van der Waals surface area contributed by atoms with E-state index in [4.69, 9.17) is 5.11 Å². The van der Waals surface area contributed by atoms with E-state index in [9.17, 15) is 4.79 Å². The number of thioether (sulfide) groups is 1. The number of hydrogen-bond donors (Lipinski definition) is 1. The highest BCUT2D eigenvalue weighted by Gasteiger charge is 2.31. The molecule has 7 nitrogen and oxygen atoms in total. The van der Waals surface area contributed by atoms with E-state index < -0.39 is 5.97 Å². The zero-order valence-corrected chi connectivity index (χ0v) is 12.1. The first kappa shape index (κ1) is 13.2. The van der Waals surface area contributed by atoms with Crippen molar-refractivity contribution in [2.24, 2.45) is 7.05 Å². The molecule has 3 rings (SSSR count). The quantitative estimate of drug-likeness (QED) is 0.841. The first-order valence-corrected chi connectivity index (χ1v) is 7.35. The summed E-state index contributed by atoms with van der Waals surface area (Å²) in [5, 5.41) is 22.1. The molecule has 0 amide bonds. The lowest BCUT2D eigenvalue weighted by molar-refractivity contribution is -0.133. The molecule has 1 fully saturated rings. The van der Waals surface area contributed by atoms with Crippen molar-refractivity contribution in [3.63, 3.8) is 0 Å². The molecule has 0 radical (unpaired) electrons. The molecule has 106 valence electrons. The van der Waals surface area contributed by atoms with Crippen LogP contribution in [-0.4, -0.2) is 41.4 Å². The third kappa shape index (κ3) is 2.31. The monoisotopic (exact) mass is 293 g/mol. The zero-order valence-electron chi connectivity index (χ0n) is 11.3. The highest BCUT2D eigenvalue weighted by Crippen LogP contribution is 2.41. The molecule has 1 saturated carbocycles. The second-order valence-corrected chi connectivity index (χ2v) is 5.80. The summed E-state index contributed by atoms with van der Waals surface area (Å²) >= 11 is 1.21. The van der Waals surface area contributed by atoms with Gasteiger partial charge in [-0.05, 0) is 19.8 Å². The minimum absolute atomic E-state index is 0.00310. The van der Waals surface area contributed by atoms with Crippen LogP contribution in [0.5, 0.6) is 0 Å². The molecule has 2 heterocycles. The SMILES string of the molecule is Cc1c(-c2nnc(SCC(=O)O)n2C2CC2)cnn1C. The van der Waals surface area contributed by atoms with Crippen LogP contribution in [0, 0.1) is 6.92 Å². The van der Waals surface area contributed by atoms with Crippen LogP contribution >= 0.6 is 11.8 Å². The summed E-state index contributed by atoms with van der Waals surface area (Å²) in [6.45, 7) is 1.98. The first-order valence-electron chi connectivity index (χ1n) is 6.36. The van der Waals surface area contributed by atoms with Crippen LogP contribution in [0.2, 0.25) is 0 Å². The number of nitrogens with zero attached hydrogens (tertiary/aromatic N) is 5. The minimum atomic E-state index is -0.848. The largest absolute Gasteiger partial charge is 0.481 e. The second kappa shape index (κ2) is 4.93. The fourth-order valence-corrected chi connectivity index (χ4v) is 2.79. The summed E-state index contributed by atoms with van der Waals surface area (Å²) in [6, 6.07) is 0.385. The van der Waals surface area contributed by atoms with Gasteiger partial charge in [-0.3, -0.25) is 14.0 Å². The van der Waals surface area contributed by atoms with Crippen LogP contribution in [0.4, 0.5) is 0 Å². The smallest absolute Gasteiger partial charge is 0.313 e. The van der Waals surface area contributed by atoms with Gasteiger partial charge >= 0.3 is 5.97 Å². The lowest BCUT2D eigenvalue weighted by atomic mass is 10.2. The highest BCUT2D eigenvalue weighted by molar-refractivity contribution is 7.99. The fourth-order valence-electron chi connectivity index (χ4n) is 2.07. The maximum absolute atomic E-state index is 10.7. The number of carbonyl (C=O) groups is 1. The minimum Gasteiger partial charge on any atom is -0.481 e. The maximum Gasteiger partial charge on any atom is 0.313 e. The lowest BCUT2D eigenvalue weighted by Gasteiger charge is -2.07. The molecule has 2 aromatic rings. The molecule has 0 spiro atoms. The number of hydrogen-bond acceptors (Lipinski definition) is 5. The number of carboxylic acid groups (broad SMARTS) is 1. The summed E-state index contributed by atoms with van der Waals surface area (Å²) in [5.74, 6) is -0.0675. The Balaban J connectivity index is 1.99. The number of aliphatic carboxylic acids is 1. The van der Waals surface area contributed by atoms with E-state index in [0.29, 0.717) is 11.2 Å². The topological polar surface area (TPSA) is 85.8 Å². The van der Waals surface area contributed by atoms with Crippen LogP contribution in [0.15, 0.2) is 11.4 Å². The molecule has 20 heavy (non-hydrogen) atoms.